The van der Waals surface area contributed by atoms with Gasteiger partial charge in [-0.15, -0.1) is 0 Å². The molecule has 8 heteroatoms. The number of hydrogen-bond donors (Lipinski definition) is 3. The van der Waals surface area contributed by atoms with Crippen LogP contribution in [0.5, 0.6) is 0 Å². The first-order valence-electron chi connectivity index (χ1n) is 6.88. The lowest BCUT2D eigenvalue weighted by Gasteiger charge is -2.20. The fourth-order valence-corrected chi connectivity index (χ4v) is 3.25. The number of anilines is 1. The van der Waals surface area contributed by atoms with Crippen LogP contribution in [0.3, 0.4) is 0 Å². The first-order chi connectivity index (χ1) is 10.0. The molecule has 0 atom stereocenters. The summed E-state index contributed by atoms with van der Waals surface area (Å²) in [4.78, 5) is 11.1. The van der Waals surface area contributed by atoms with E-state index in [1.54, 1.807) is 20.8 Å². The molecule has 0 unspecified atom stereocenters. The van der Waals surface area contributed by atoms with Crippen LogP contribution in [0.2, 0.25) is 0 Å². The van der Waals surface area contributed by atoms with Gasteiger partial charge in [-0.25, -0.2) is 17.5 Å². The molecule has 6 nitrogen and oxygen atoms in total. The summed E-state index contributed by atoms with van der Waals surface area (Å²) in [7, 11) is -4.02. The van der Waals surface area contributed by atoms with Crippen molar-refractivity contribution in [1.82, 2.24) is 4.72 Å². The molecule has 22 heavy (non-hydrogen) atoms. The van der Waals surface area contributed by atoms with Gasteiger partial charge in [-0.3, -0.25) is 4.79 Å². The highest BCUT2D eigenvalue weighted by Crippen LogP contribution is 2.21. The van der Waals surface area contributed by atoms with E-state index in [0.29, 0.717) is 13.0 Å². The molecule has 0 saturated heterocycles. The number of amides is 1. The van der Waals surface area contributed by atoms with E-state index in [4.69, 9.17) is 5.73 Å². The smallest absolute Gasteiger partial charge is 0.244 e. The lowest BCUT2D eigenvalue weighted by atomic mass is 10.1. The van der Waals surface area contributed by atoms with Gasteiger partial charge in [0.05, 0.1) is 0 Å². The number of carbonyl (C=O) groups is 1. The van der Waals surface area contributed by atoms with E-state index < -0.39 is 26.3 Å². The topological polar surface area (TPSA) is 101 Å². The minimum absolute atomic E-state index is 0.218. The summed E-state index contributed by atoms with van der Waals surface area (Å²) in [5, 5.41) is 2.53. The fourth-order valence-electron chi connectivity index (χ4n) is 1.73. The molecule has 0 aromatic heterocycles. The summed E-state index contributed by atoms with van der Waals surface area (Å²) in [6.45, 7) is 5.34. The highest BCUT2D eigenvalue weighted by molar-refractivity contribution is 7.89. The Kier molecular flexibility index (Phi) is 6.04. The van der Waals surface area contributed by atoms with Gasteiger partial charge < -0.3 is 11.1 Å². The summed E-state index contributed by atoms with van der Waals surface area (Å²) in [6, 6.07) is 3.42. The van der Waals surface area contributed by atoms with Crippen molar-refractivity contribution in [3.05, 3.63) is 24.0 Å². The summed E-state index contributed by atoms with van der Waals surface area (Å²) < 4.78 is 40.6. The maximum Gasteiger partial charge on any atom is 0.244 e. The zero-order chi connectivity index (χ0) is 17.0. The van der Waals surface area contributed by atoms with E-state index >= 15 is 0 Å². The Balaban J connectivity index is 3.02. The number of nitrogens with two attached hydrogens (primary N) is 1. The van der Waals surface area contributed by atoms with Gasteiger partial charge in [-0.2, -0.15) is 0 Å². The summed E-state index contributed by atoms with van der Waals surface area (Å²) >= 11 is 0. The molecule has 0 aliphatic rings. The van der Waals surface area contributed by atoms with Crippen LogP contribution in [-0.2, 0) is 14.8 Å². The number of sulfonamides is 1. The van der Waals surface area contributed by atoms with Gasteiger partial charge in [0.2, 0.25) is 15.9 Å². The van der Waals surface area contributed by atoms with E-state index in [9.17, 15) is 17.6 Å². The van der Waals surface area contributed by atoms with Gasteiger partial charge in [0.25, 0.3) is 0 Å². The van der Waals surface area contributed by atoms with Gasteiger partial charge in [-0.1, -0.05) is 0 Å². The molecular formula is C14H22FN3O3S. The molecule has 0 bridgehead atoms. The van der Waals surface area contributed by atoms with E-state index in [1.807, 2.05) is 0 Å². The molecule has 1 aromatic carbocycles. The quantitative estimate of drug-likeness (QED) is 0.736. The second kappa shape index (κ2) is 7.17. The van der Waals surface area contributed by atoms with Crippen molar-refractivity contribution in [3.63, 3.8) is 0 Å². The molecule has 1 rings (SSSR count). The fraction of sp³-hybridized carbons (Fsp3) is 0.500. The molecule has 0 radical (unpaired) electrons. The number of nitrogens with one attached hydrogen (secondary N) is 2. The molecule has 0 heterocycles. The van der Waals surface area contributed by atoms with Crippen LogP contribution in [0.1, 0.15) is 33.6 Å². The van der Waals surface area contributed by atoms with Crippen LogP contribution in [0.15, 0.2) is 23.1 Å². The van der Waals surface area contributed by atoms with Crippen molar-refractivity contribution in [2.75, 3.05) is 11.9 Å². The van der Waals surface area contributed by atoms with E-state index in [-0.39, 0.29) is 18.0 Å². The molecule has 1 amide bonds. The summed E-state index contributed by atoms with van der Waals surface area (Å²) in [5.74, 6) is -1.18. The molecule has 0 spiro atoms. The SMILES string of the molecule is CC(C)(C)NS(=O)(=O)c1cc(NC(=O)CCCN)ccc1F. The van der Waals surface area contributed by atoms with Crippen molar-refractivity contribution >= 4 is 21.6 Å². The van der Waals surface area contributed by atoms with Crippen LogP contribution >= 0.6 is 0 Å². The van der Waals surface area contributed by atoms with Crippen molar-refractivity contribution < 1.29 is 17.6 Å². The molecule has 0 aliphatic carbocycles. The number of hydrogen-bond acceptors (Lipinski definition) is 4. The largest absolute Gasteiger partial charge is 0.330 e. The molecule has 124 valence electrons. The lowest BCUT2D eigenvalue weighted by Crippen LogP contribution is -2.40. The average molecular weight is 331 g/mol. The monoisotopic (exact) mass is 331 g/mol. The Morgan fingerprint density at radius 1 is 1.32 bits per heavy atom. The molecule has 0 fully saturated rings. The van der Waals surface area contributed by atoms with Crippen LogP contribution in [0.25, 0.3) is 0 Å². The third-order valence-corrected chi connectivity index (χ3v) is 4.33. The zero-order valence-corrected chi connectivity index (χ0v) is 13.8. The predicted molar refractivity (Wildman–Crippen MR) is 83.4 cm³/mol. The van der Waals surface area contributed by atoms with E-state index in [1.165, 1.54) is 6.07 Å². The first-order valence-corrected chi connectivity index (χ1v) is 8.37. The highest BCUT2D eigenvalue weighted by atomic mass is 32.2. The first kappa shape index (κ1) is 18.5. The Morgan fingerprint density at radius 3 is 2.50 bits per heavy atom. The Morgan fingerprint density at radius 2 is 1.95 bits per heavy atom. The molecular weight excluding hydrogens is 309 g/mol. The van der Waals surface area contributed by atoms with Gasteiger partial charge >= 0.3 is 0 Å². The number of carbonyl (C=O) groups excluding carboxylic acids is 1. The van der Waals surface area contributed by atoms with Crippen LogP contribution in [0, 0.1) is 5.82 Å². The number of halogens is 1. The van der Waals surface area contributed by atoms with E-state index in [2.05, 4.69) is 10.0 Å². The minimum atomic E-state index is -4.02. The molecule has 1 aromatic rings. The van der Waals surface area contributed by atoms with E-state index in [0.717, 1.165) is 12.1 Å². The molecule has 0 saturated carbocycles. The number of rotatable bonds is 6. The normalized spacial score (nSPS) is 12.2. The maximum absolute atomic E-state index is 13.8. The zero-order valence-electron chi connectivity index (χ0n) is 12.9. The van der Waals surface area contributed by atoms with Crippen LogP contribution in [-0.4, -0.2) is 26.4 Å². The van der Waals surface area contributed by atoms with Crippen molar-refractivity contribution in [2.45, 2.75) is 44.0 Å². The van der Waals surface area contributed by atoms with Gasteiger partial charge in [0.1, 0.15) is 10.7 Å². The van der Waals surface area contributed by atoms with Crippen molar-refractivity contribution in [3.8, 4) is 0 Å². The molecule has 4 N–H and O–H groups in total. The number of benzene rings is 1. The Labute approximate surface area is 130 Å². The summed E-state index contributed by atoms with van der Waals surface area (Å²) in [5.41, 5.74) is 4.79. The van der Waals surface area contributed by atoms with Crippen molar-refractivity contribution in [2.24, 2.45) is 5.73 Å². The average Bonchev–Trinajstić information content (AvgIpc) is 2.35. The second-order valence-corrected chi connectivity index (χ2v) is 7.59. The second-order valence-electron chi connectivity index (χ2n) is 5.94. The van der Waals surface area contributed by atoms with Crippen LogP contribution in [0.4, 0.5) is 10.1 Å². The van der Waals surface area contributed by atoms with Gasteiger partial charge in [-0.05, 0) is 51.9 Å². The standard InChI is InChI=1S/C14H22FN3O3S/c1-14(2,3)18-22(20,21)12-9-10(6-7-11(12)15)17-13(19)5-4-8-16/h6-7,9,18H,4-5,8,16H2,1-3H3,(H,17,19). The Bertz CT molecular complexity index is 639. The maximum atomic E-state index is 13.8. The van der Waals surface area contributed by atoms with Gasteiger partial charge in [0, 0.05) is 17.6 Å². The lowest BCUT2D eigenvalue weighted by molar-refractivity contribution is -0.116. The Hall–Kier alpha value is -1.51. The molecule has 0 aliphatic heterocycles. The highest BCUT2D eigenvalue weighted by Gasteiger charge is 2.25. The predicted octanol–water partition coefficient (Wildman–Crippen LogP) is 1.58. The van der Waals surface area contributed by atoms with Gasteiger partial charge in [0.15, 0.2) is 0 Å². The van der Waals surface area contributed by atoms with Crippen LogP contribution < -0.4 is 15.8 Å². The third-order valence-electron chi connectivity index (χ3n) is 2.55. The van der Waals surface area contributed by atoms with Crippen molar-refractivity contribution in [1.29, 1.82) is 0 Å². The third kappa shape index (κ3) is 5.70. The summed E-state index contributed by atoms with van der Waals surface area (Å²) in [6.07, 6.45) is 0.736. The minimum Gasteiger partial charge on any atom is -0.330 e.